The number of carbonyl (C=O) groups excluding carboxylic acids is 1. The van der Waals surface area contributed by atoms with E-state index in [9.17, 15) is 25.2 Å². The number of guanidine groups is 1. The van der Waals surface area contributed by atoms with E-state index in [0.717, 1.165) is 88.1 Å². The van der Waals surface area contributed by atoms with Gasteiger partial charge in [-0.25, -0.2) is 4.99 Å². The highest BCUT2D eigenvalue weighted by atomic mass is 33.1. The van der Waals surface area contributed by atoms with Crippen molar-refractivity contribution in [2.24, 2.45) is 28.0 Å². The smallest absolute Gasteiger partial charge is 0.302 e. The molecule has 1 aromatic rings. The first-order valence-electron chi connectivity index (χ1n) is 21.7. The number of ether oxygens (including phenoxy) is 2. The Morgan fingerprint density at radius 3 is 2.71 bits per heavy atom. The molecule has 2 fully saturated rings. The Labute approximate surface area is 352 Å². The highest BCUT2D eigenvalue weighted by Crippen LogP contribution is 2.44. The molecule has 6 bridgehead atoms. The average molecular weight is 840 g/mol. The number of aliphatic imine (C=N–C) groups is 1. The summed E-state index contributed by atoms with van der Waals surface area (Å²) in [5, 5.41) is 57.0. The maximum Gasteiger partial charge on any atom is 0.302 e. The molecule has 1 aromatic carbocycles. The van der Waals surface area contributed by atoms with Gasteiger partial charge in [-0.05, 0) is 87.6 Å². The molecule has 12 nitrogen and oxygen atoms in total. The molecule has 3 aliphatic heterocycles. The van der Waals surface area contributed by atoms with E-state index >= 15 is 0 Å². The molecule has 0 amide bonds. The number of nitrogens with two attached hydrogens (primary N) is 1. The van der Waals surface area contributed by atoms with Gasteiger partial charge in [0.2, 0.25) is 0 Å². The summed E-state index contributed by atoms with van der Waals surface area (Å²) in [4.78, 5) is 17.9. The number of esters is 1. The van der Waals surface area contributed by atoms with Crippen LogP contribution in [0, 0.1) is 29.1 Å². The molecule has 58 heavy (non-hydrogen) atoms. The van der Waals surface area contributed by atoms with Gasteiger partial charge < -0.3 is 51.6 Å². The van der Waals surface area contributed by atoms with Gasteiger partial charge in [0, 0.05) is 67.3 Å². The van der Waals surface area contributed by atoms with Crippen molar-refractivity contribution in [3.05, 3.63) is 35.4 Å². The molecule has 1 saturated carbocycles. The molecule has 6 aliphatic rings. The lowest BCUT2D eigenvalue weighted by molar-refractivity contribution is -0.152. The van der Waals surface area contributed by atoms with E-state index in [0.29, 0.717) is 49.4 Å². The first kappa shape index (κ1) is 43.4. The normalized spacial score (nSPS) is 36.0. The average Bonchev–Trinajstić information content (AvgIpc) is 3.19. The minimum absolute atomic E-state index is 0.0253. The fraction of sp³-hybridized carbons (Fsp3) is 0.727. The van der Waals surface area contributed by atoms with Crippen molar-refractivity contribution in [2.45, 2.75) is 151 Å². The summed E-state index contributed by atoms with van der Waals surface area (Å²) in [5.41, 5.74) is 6.70. The Balaban J connectivity index is 1.38. The van der Waals surface area contributed by atoms with Crippen LogP contribution in [0.15, 0.2) is 29.3 Å². The second-order valence-electron chi connectivity index (χ2n) is 17.8. The van der Waals surface area contributed by atoms with Crippen LogP contribution in [0.25, 0.3) is 0 Å². The standard InChI is InChI=1S/C44H65N5O7S2/c1-29(51)55-37-24-33(52)11-17-44-16-10-30-7-6-15-43(25-34(12-18-47-43)56-38-23-31(21-35(30)37)32(26-50)22-36(38)53)27-46-19-20-57-58-28-42(13-3-2-4-14-42)49-41(45)48-39(44)8-5-9-40(44)54/h5,8,22-23,30,33-35,37,39-40,46-47,50,52-54H,2-4,6-7,9,11-15,17-21,24-28H2,1H3,(H3,45,48,49). The van der Waals surface area contributed by atoms with Gasteiger partial charge in [0.1, 0.15) is 12.2 Å². The number of phenols is 1. The molecule has 3 heterocycles. The van der Waals surface area contributed by atoms with Crippen molar-refractivity contribution in [3.8, 4) is 23.3 Å². The Morgan fingerprint density at radius 1 is 1.07 bits per heavy atom. The number of aliphatic hydroxyl groups excluding tert-OH is 3. The molecule has 14 heteroatoms. The van der Waals surface area contributed by atoms with Gasteiger partial charge in [-0.15, -0.1) is 0 Å². The molecule has 320 valence electrons. The molecular weight excluding hydrogens is 775 g/mol. The largest absolute Gasteiger partial charge is 0.504 e. The number of hydrogen-bond acceptors (Lipinski definition) is 14. The third-order valence-corrected chi connectivity index (χ3v) is 16.2. The van der Waals surface area contributed by atoms with E-state index in [-0.39, 0.29) is 41.9 Å². The number of benzene rings is 1. The number of piperidine rings is 1. The number of aromatic hydroxyl groups is 1. The summed E-state index contributed by atoms with van der Waals surface area (Å²) in [5.74, 6) is 8.77. The Morgan fingerprint density at radius 2 is 1.90 bits per heavy atom. The van der Waals surface area contributed by atoms with Crippen LogP contribution in [0.3, 0.4) is 0 Å². The second kappa shape index (κ2) is 19.4. The Bertz CT molecular complexity index is 1710. The number of nitrogens with zero attached hydrogens (tertiary/aromatic N) is 1. The minimum atomic E-state index is -1.02. The lowest BCUT2D eigenvalue weighted by Gasteiger charge is -2.43. The van der Waals surface area contributed by atoms with Crippen LogP contribution in [0.4, 0.5) is 0 Å². The molecule has 9 N–H and O–H groups in total. The molecule has 9 unspecified atom stereocenters. The predicted octanol–water partition coefficient (Wildman–Crippen LogP) is 4.46. The molecule has 1 saturated heterocycles. The first-order valence-corrected chi connectivity index (χ1v) is 24.2. The van der Waals surface area contributed by atoms with Crippen LogP contribution in [-0.2, 0) is 22.6 Å². The molecule has 9 atom stereocenters. The zero-order chi connectivity index (χ0) is 40.8. The number of hydrogen-bond donors (Lipinski definition) is 8. The summed E-state index contributed by atoms with van der Waals surface area (Å²) in [6.45, 7) is 3.47. The molecule has 0 aromatic heterocycles. The molecule has 0 radical (unpaired) electrons. The number of nitrogens with one attached hydrogen (secondary N) is 3. The Hall–Kier alpha value is -2.64. The van der Waals surface area contributed by atoms with Crippen LogP contribution in [0.1, 0.15) is 108 Å². The zero-order valence-corrected chi connectivity index (χ0v) is 35.7. The highest BCUT2D eigenvalue weighted by Gasteiger charge is 2.47. The van der Waals surface area contributed by atoms with E-state index in [4.69, 9.17) is 20.2 Å². The SMILES string of the molecule is CC(=O)OC1CC(O)CCC23C#CC4CCCC5(CNCCSSCC6(CCCCC6)NC(N)=NC2C=CCC3O)CC(CCN5)Oc2cc(c(CO)cc2O)CC41. The minimum Gasteiger partial charge on any atom is -0.504 e. The van der Waals surface area contributed by atoms with Gasteiger partial charge >= 0.3 is 5.97 Å². The van der Waals surface area contributed by atoms with E-state index < -0.39 is 41.7 Å². The molecule has 3 aliphatic carbocycles. The maximum absolute atomic E-state index is 12.8. The summed E-state index contributed by atoms with van der Waals surface area (Å²) in [6.07, 6.45) is 12.5. The number of phenolic OH excluding ortho intramolecular Hbond substituents is 1. The Kier molecular flexibility index (Phi) is 14.5. The van der Waals surface area contributed by atoms with E-state index in [1.165, 1.54) is 13.3 Å². The van der Waals surface area contributed by atoms with Gasteiger partial charge in [0.25, 0.3) is 0 Å². The van der Waals surface area contributed by atoms with Gasteiger partial charge in [0.15, 0.2) is 17.5 Å². The molecule has 3 spiro atoms. The van der Waals surface area contributed by atoms with Crippen molar-refractivity contribution >= 4 is 33.5 Å². The van der Waals surface area contributed by atoms with E-state index in [1.54, 1.807) is 6.07 Å². The number of aliphatic hydroxyl groups is 3. The zero-order valence-electron chi connectivity index (χ0n) is 34.1. The van der Waals surface area contributed by atoms with Crippen LogP contribution in [-0.4, -0.2) is 105 Å². The quantitative estimate of drug-likeness (QED) is 0.0903. The first-order chi connectivity index (χ1) is 28.0. The van der Waals surface area contributed by atoms with E-state index in [1.807, 2.05) is 39.8 Å². The maximum atomic E-state index is 12.8. The summed E-state index contributed by atoms with van der Waals surface area (Å²) in [7, 11) is 3.77. The van der Waals surface area contributed by atoms with Crippen LogP contribution >= 0.6 is 21.6 Å². The van der Waals surface area contributed by atoms with Gasteiger partial charge in [-0.2, -0.15) is 0 Å². The van der Waals surface area contributed by atoms with Gasteiger partial charge in [0.05, 0.1) is 30.3 Å². The van der Waals surface area contributed by atoms with Crippen LogP contribution < -0.4 is 26.4 Å². The number of carbonyl (C=O) groups is 1. The monoisotopic (exact) mass is 839 g/mol. The summed E-state index contributed by atoms with van der Waals surface area (Å²) >= 11 is 0. The lowest BCUT2D eigenvalue weighted by Crippen LogP contribution is -2.59. The third-order valence-electron chi connectivity index (χ3n) is 13.7. The summed E-state index contributed by atoms with van der Waals surface area (Å²) < 4.78 is 12.8. The highest BCUT2D eigenvalue weighted by molar-refractivity contribution is 8.76. The summed E-state index contributed by atoms with van der Waals surface area (Å²) in [6, 6.07) is 2.86. The topological polar surface area (TPSA) is 191 Å². The van der Waals surface area contributed by atoms with Crippen molar-refractivity contribution < 1.29 is 34.7 Å². The van der Waals surface area contributed by atoms with Gasteiger partial charge in [-0.3, -0.25) is 4.79 Å². The van der Waals surface area contributed by atoms with Crippen molar-refractivity contribution in [3.63, 3.8) is 0 Å². The fourth-order valence-electron chi connectivity index (χ4n) is 10.5. The van der Waals surface area contributed by atoms with Crippen LogP contribution in [0.2, 0.25) is 0 Å². The van der Waals surface area contributed by atoms with Crippen molar-refractivity contribution in [1.29, 1.82) is 0 Å². The van der Waals surface area contributed by atoms with Crippen molar-refractivity contribution in [1.82, 2.24) is 16.0 Å². The molecule has 7 rings (SSSR count). The predicted molar refractivity (Wildman–Crippen MR) is 230 cm³/mol. The van der Waals surface area contributed by atoms with Crippen molar-refractivity contribution in [2.75, 3.05) is 31.1 Å². The molecular formula is C44H65N5O7S2. The van der Waals surface area contributed by atoms with Gasteiger partial charge in [-0.1, -0.05) is 71.3 Å². The van der Waals surface area contributed by atoms with Crippen LogP contribution in [0.5, 0.6) is 11.5 Å². The number of fused-ring (bicyclic) bond motifs is 5. The fourth-order valence-corrected chi connectivity index (χ4v) is 13.1. The van der Waals surface area contributed by atoms with E-state index in [2.05, 4.69) is 27.8 Å². The number of rotatable bonds is 2. The second-order valence-corrected chi connectivity index (χ2v) is 20.4. The third kappa shape index (κ3) is 10.3. The lowest BCUT2D eigenvalue weighted by atomic mass is 9.66.